The van der Waals surface area contributed by atoms with Crippen LogP contribution in [0, 0.1) is 5.82 Å². The fourth-order valence-corrected chi connectivity index (χ4v) is 2.68. The molecule has 18 heavy (non-hydrogen) atoms. The molecule has 2 atom stereocenters. The molecule has 1 fully saturated rings. The van der Waals surface area contributed by atoms with Crippen LogP contribution in [0.4, 0.5) is 4.39 Å². The maximum Gasteiger partial charge on any atom is 0.124 e. The van der Waals surface area contributed by atoms with Crippen LogP contribution in [0.3, 0.4) is 0 Å². The minimum absolute atomic E-state index is 0.227. The lowest BCUT2D eigenvalue weighted by atomic mass is 9.92. The Hall–Kier alpha value is -0.640. The molecule has 0 aromatic heterocycles. The SMILES string of the molecule is CNC1CCCCC1OCc1ccc(F)cc1Cl. The first-order valence-electron chi connectivity index (χ1n) is 6.43. The van der Waals surface area contributed by atoms with Crippen LogP contribution >= 0.6 is 11.6 Å². The van der Waals surface area contributed by atoms with E-state index >= 15 is 0 Å². The fourth-order valence-electron chi connectivity index (χ4n) is 2.46. The van der Waals surface area contributed by atoms with Gasteiger partial charge in [-0.1, -0.05) is 30.5 Å². The van der Waals surface area contributed by atoms with Crippen molar-refractivity contribution in [1.82, 2.24) is 5.32 Å². The van der Waals surface area contributed by atoms with Gasteiger partial charge < -0.3 is 10.1 Å². The second-order valence-corrected chi connectivity index (χ2v) is 5.17. The average molecular weight is 272 g/mol. The zero-order chi connectivity index (χ0) is 13.0. The zero-order valence-electron chi connectivity index (χ0n) is 10.6. The highest BCUT2D eigenvalue weighted by molar-refractivity contribution is 6.31. The molecule has 1 aliphatic carbocycles. The fraction of sp³-hybridized carbons (Fsp3) is 0.571. The summed E-state index contributed by atoms with van der Waals surface area (Å²) in [5.41, 5.74) is 0.846. The Morgan fingerprint density at radius 3 is 2.89 bits per heavy atom. The lowest BCUT2D eigenvalue weighted by Crippen LogP contribution is -2.41. The second kappa shape index (κ2) is 6.50. The highest BCUT2D eigenvalue weighted by Crippen LogP contribution is 2.24. The summed E-state index contributed by atoms with van der Waals surface area (Å²) < 4.78 is 18.8. The number of hydrogen-bond donors (Lipinski definition) is 1. The van der Waals surface area contributed by atoms with Crippen molar-refractivity contribution in [2.45, 2.75) is 44.4 Å². The molecule has 1 N–H and O–H groups in total. The van der Waals surface area contributed by atoms with Gasteiger partial charge in [-0.25, -0.2) is 4.39 Å². The second-order valence-electron chi connectivity index (χ2n) is 4.76. The lowest BCUT2D eigenvalue weighted by Gasteiger charge is -2.31. The molecule has 0 radical (unpaired) electrons. The van der Waals surface area contributed by atoms with E-state index in [1.165, 1.54) is 25.0 Å². The molecular weight excluding hydrogens is 253 g/mol. The van der Waals surface area contributed by atoms with Gasteiger partial charge in [-0.15, -0.1) is 0 Å². The largest absolute Gasteiger partial charge is 0.372 e. The van der Waals surface area contributed by atoms with Crippen LogP contribution in [0.1, 0.15) is 31.2 Å². The molecule has 2 rings (SSSR count). The number of nitrogens with one attached hydrogen (secondary N) is 1. The summed E-state index contributed by atoms with van der Waals surface area (Å²) in [6.07, 6.45) is 4.91. The summed E-state index contributed by atoms with van der Waals surface area (Å²) in [5.74, 6) is -0.311. The third kappa shape index (κ3) is 3.44. The Morgan fingerprint density at radius 1 is 1.39 bits per heavy atom. The maximum atomic E-state index is 12.9. The van der Waals surface area contributed by atoms with Crippen molar-refractivity contribution in [3.63, 3.8) is 0 Å². The number of benzene rings is 1. The molecule has 1 saturated carbocycles. The van der Waals surface area contributed by atoms with Crippen LogP contribution in [-0.4, -0.2) is 19.2 Å². The van der Waals surface area contributed by atoms with E-state index in [1.54, 1.807) is 6.07 Å². The maximum absolute atomic E-state index is 12.9. The molecule has 2 nitrogen and oxygen atoms in total. The van der Waals surface area contributed by atoms with Crippen molar-refractivity contribution in [1.29, 1.82) is 0 Å². The molecule has 2 unspecified atom stereocenters. The minimum atomic E-state index is -0.311. The molecule has 0 bridgehead atoms. The zero-order valence-corrected chi connectivity index (χ0v) is 11.3. The Morgan fingerprint density at radius 2 is 2.17 bits per heavy atom. The summed E-state index contributed by atoms with van der Waals surface area (Å²) in [6.45, 7) is 0.446. The molecular formula is C14H19ClFNO. The number of likely N-dealkylation sites (N-methyl/N-ethyl adjacent to an activating group) is 1. The molecule has 1 aliphatic rings. The summed E-state index contributed by atoms with van der Waals surface area (Å²) in [6, 6.07) is 4.85. The Bertz CT molecular complexity index is 399. The Labute approximate surface area is 112 Å². The third-order valence-corrected chi connectivity index (χ3v) is 3.89. The molecule has 0 spiro atoms. The normalized spacial score (nSPS) is 24.2. The first kappa shape index (κ1) is 13.8. The standard InChI is InChI=1S/C14H19ClFNO/c1-17-13-4-2-3-5-14(13)18-9-10-6-7-11(16)8-12(10)15/h6-8,13-14,17H,2-5,9H2,1H3. The molecule has 0 heterocycles. The number of rotatable bonds is 4. The summed E-state index contributed by atoms with van der Waals surface area (Å²) in [4.78, 5) is 0. The number of halogens is 2. The van der Waals surface area contributed by atoms with E-state index in [-0.39, 0.29) is 11.9 Å². The summed E-state index contributed by atoms with van der Waals surface area (Å²) in [7, 11) is 1.97. The van der Waals surface area contributed by atoms with Crippen LogP contribution < -0.4 is 5.32 Å². The predicted octanol–water partition coefficient (Wildman–Crippen LogP) is 3.53. The van der Waals surface area contributed by atoms with Crippen molar-refractivity contribution in [3.05, 3.63) is 34.6 Å². The minimum Gasteiger partial charge on any atom is -0.372 e. The molecule has 0 saturated heterocycles. The van der Waals surface area contributed by atoms with Gasteiger partial charge in [-0.05, 0) is 37.6 Å². The van der Waals surface area contributed by atoms with Gasteiger partial charge in [0.1, 0.15) is 5.82 Å². The van der Waals surface area contributed by atoms with E-state index in [9.17, 15) is 4.39 Å². The van der Waals surface area contributed by atoms with Crippen molar-refractivity contribution >= 4 is 11.6 Å². The van der Waals surface area contributed by atoms with Crippen molar-refractivity contribution in [2.24, 2.45) is 0 Å². The monoisotopic (exact) mass is 271 g/mol. The van der Waals surface area contributed by atoms with Gasteiger partial charge in [-0.2, -0.15) is 0 Å². The Kier molecular flexibility index (Phi) is 4.98. The number of hydrogen-bond acceptors (Lipinski definition) is 2. The van der Waals surface area contributed by atoms with E-state index in [2.05, 4.69) is 5.32 Å². The molecule has 100 valence electrons. The Balaban J connectivity index is 1.93. The number of ether oxygens (including phenoxy) is 1. The summed E-state index contributed by atoms with van der Waals surface area (Å²) >= 11 is 5.98. The van der Waals surface area contributed by atoms with Gasteiger partial charge in [-0.3, -0.25) is 0 Å². The van der Waals surface area contributed by atoms with Crippen LogP contribution in [0.5, 0.6) is 0 Å². The van der Waals surface area contributed by atoms with E-state index in [0.29, 0.717) is 17.7 Å². The van der Waals surface area contributed by atoms with Gasteiger partial charge in [0, 0.05) is 11.1 Å². The predicted molar refractivity (Wildman–Crippen MR) is 71.3 cm³/mol. The van der Waals surface area contributed by atoms with E-state index in [1.807, 2.05) is 7.05 Å². The molecule has 0 amide bonds. The van der Waals surface area contributed by atoms with Gasteiger partial charge in [0.15, 0.2) is 0 Å². The highest BCUT2D eigenvalue weighted by Gasteiger charge is 2.24. The van der Waals surface area contributed by atoms with Crippen molar-refractivity contribution in [3.8, 4) is 0 Å². The van der Waals surface area contributed by atoms with Gasteiger partial charge in [0.2, 0.25) is 0 Å². The molecule has 1 aromatic carbocycles. The third-order valence-electron chi connectivity index (χ3n) is 3.54. The van der Waals surface area contributed by atoms with Crippen LogP contribution in [0.25, 0.3) is 0 Å². The molecule has 0 aliphatic heterocycles. The van der Waals surface area contributed by atoms with E-state index in [0.717, 1.165) is 18.4 Å². The lowest BCUT2D eigenvalue weighted by molar-refractivity contribution is -0.00359. The first-order chi connectivity index (χ1) is 8.70. The van der Waals surface area contributed by atoms with E-state index in [4.69, 9.17) is 16.3 Å². The van der Waals surface area contributed by atoms with Gasteiger partial charge in [0.05, 0.1) is 12.7 Å². The first-order valence-corrected chi connectivity index (χ1v) is 6.81. The van der Waals surface area contributed by atoms with Crippen LogP contribution in [0.15, 0.2) is 18.2 Å². The van der Waals surface area contributed by atoms with Crippen molar-refractivity contribution in [2.75, 3.05) is 7.05 Å². The molecule has 1 aromatic rings. The topological polar surface area (TPSA) is 21.3 Å². The average Bonchev–Trinajstić information content (AvgIpc) is 2.38. The van der Waals surface area contributed by atoms with Gasteiger partial charge in [0.25, 0.3) is 0 Å². The van der Waals surface area contributed by atoms with Crippen LogP contribution in [-0.2, 0) is 11.3 Å². The highest BCUT2D eigenvalue weighted by atomic mass is 35.5. The van der Waals surface area contributed by atoms with Crippen LogP contribution in [0.2, 0.25) is 5.02 Å². The van der Waals surface area contributed by atoms with Crippen molar-refractivity contribution < 1.29 is 9.13 Å². The smallest absolute Gasteiger partial charge is 0.124 e. The van der Waals surface area contributed by atoms with E-state index < -0.39 is 0 Å². The quantitative estimate of drug-likeness (QED) is 0.905. The molecule has 4 heteroatoms. The van der Waals surface area contributed by atoms with Gasteiger partial charge >= 0.3 is 0 Å². The summed E-state index contributed by atoms with van der Waals surface area (Å²) in [5, 5.41) is 3.73.